The van der Waals surface area contributed by atoms with Gasteiger partial charge < -0.3 is 11.1 Å². The van der Waals surface area contributed by atoms with Gasteiger partial charge in [-0.2, -0.15) is 0 Å². The zero-order valence-electron chi connectivity index (χ0n) is 11.4. The van der Waals surface area contributed by atoms with Crippen molar-refractivity contribution in [2.24, 2.45) is 5.73 Å². The third-order valence-corrected chi connectivity index (χ3v) is 4.59. The van der Waals surface area contributed by atoms with Crippen LogP contribution in [-0.2, 0) is 12.8 Å². The van der Waals surface area contributed by atoms with E-state index in [-0.39, 0.29) is 24.4 Å². The first kappa shape index (κ1) is 16.5. The molecule has 108 valence electrons. The van der Waals surface area contributed by atoms with E-state index >= 15 is 0 Å². The van der Waals surface area contributed by atoms with Crippen molar-refractivity contribution in [1.29, 1.82) is 0 Å². The Hall–Kier alpha value is -0.580. The third-order valence-electron chi connectivity index (χ3n) is 3.36. The predicted molar refractivity (Wildman–Crippen MR) is 83.4 cm³/mol. The number of hydrogen-bond acceptors (Lipinski definition) is 3. The highest BCUT2D eigenvalue weighted by molar-refractivity contribution is 7.14. The average molecular weight is 303 g/mol. The highest BCUT2D eigenvalue weighted by atomic mass is 35.5. The molecule has 0 aliphatic heterocycles. The normalized spacial score (nSPS) is 15.9. The van der Waals surface area contributed by atoms with Gasteiger partial charge in [-0.15, -0.1) is 23.7 Å². The smallest absolute Gasteiger partial charge is 0.261 e. The van der Waals surface area contributed by atoms with E-state index in [0.717, 1.165) is 24.1 Å². The maximum absolute atomic E-state index is 12.0. The minimum atomic E-state index is 0. The van der Waals surface area contributed by atoms with Gasteiger partial charge in [-0.3, -0.25) is 4.79 Å². The van der Waals surface area contributed by atoms with Crippen LogP contribution in [0, 0.1) is 0 Å². The fourth-order valence-corrected chi connectivity index (χ4v) is 3.45. The molecule has 1 atom stereocenters. The van der Waals surface area contributed by atoms with Crippen molar-refractivity contribution in [3.05, 3.63) is 21.4 Å². The van der Waals surface area contributed by atoms with Crippen molar-refractivity contribution in [3.63, 3.8) is 0 Å². The van der Waals surface area contributed by atoms with Crippen molar-refractivity contribution in [1.82, 2.24) is 5.32 Å². The number of nitrogens with two attached hydrogens (primary N) is 1. The van der Waals surface area contributed by atoms with E-state index < -0.39 is 0 Å². The molecule has 1 amide bonds. The first-order chi connectivity index (χ1) is 8.66. The summed E-state index contributed by atoms with van der Waals surface area (Å²) < 4.78 is 0. The lowest BCUT2D eigenvalue weighted by atomic mass is 10.1. The quantitative estimate of drug-likeness (QED) is 0.840. The lowest BCUT2D eigenvalue weighted by Gasteiger charge is -2.05. The largest absolute Gasteiger partial charge is 0.351 e. The number of nitrogens with one attached hydrogen (secondary N) is 1. The number of rotatable bonds is 4. The first-order valence-corrected chi connectivity index (χ1v) is 7.64. The van der Waals surface area contributed by atoms with Crippen LogP contribution in [0.4, 0.5) is 0 Å². The summed E-state index contributed by atoms with van der Waals surface area (Å²) in [5.41, 5.74) is 7.06. The SMILES string of the molecule is CC(N)CCNC(=O)c1cc2c(s1)CCCCC2.Cl. The summed E-state index contributed by atoms with van der Waals surface area (Å²) in [6.07, 6.45) is 6.95. The van der Waals surface area contributed by atoms with E-state index in [1.807, 2.05) is 6.92 Å². The Balaban J connectivity index is 0.00000180. The molecule has 3 nitrogen and oxygen atoms in total. The van der Waals surface area contributed by atoms with E-state index in [0.29, 0.717) is 6.54 Å². The lowest BCUT2D eigenvalue weighted by molar-refractivity contribution is 0.0957. The number of carbonyl (C=O) groups is 1. The molecule has 1 unspecified atom stereocenters. The van der Waals surface area contributed by atoms with Gasteiger partial charge in [0, 0.05) is 17.5 Å². The number of amides is 1. The van der Waals surface area contributed by atoms with E-state index in [1.165, 1.54) is 29.7 Å². The molecule has 0 aromatic carbocycles. The second kappa shape index (κ2) is 7.88. The minimum absolute atomic E-state index is 0. The van der Waals surface area contributed by atoms with Crippen LogP contribution in [0.25, 0.3) is 0 Å². The zero-order valence-corrected chi connectivity index (χ0v) is 13.0. The Kier molecular flexibility index (Phi) is 6.83. The standard InChI is InChI=1S/C14H22N2OS.ClH/c1-10(15)7-8-16-14(17)13-9-11-5-3-2-4-6-12(11)18-13;/h9-10H,2-8,15H2,1H3,(H,16,17);1H. The number of fused-ring (bicyclic) bond motifs is 1. The van der Waals surface area contributed by atoms with Gasteiger partial charge in [-0.25, -0.2) is 0 Å². The molecule has 3 N–H and O–H groups in total. The van der Waals surface area contributed by atoms with Crippen molar-refractivity contribution in [3.8, 4) is 0 Å². The van der Waals surface area contributed by atoms with E-state index in [1.54, 1.807) is 11.3 Å². The van der Waals surface area contributed by atoms with Crippen LogP contribution in [0.3, 0.4) is 0 Å². The van der Waals surface area contributed by atoms with Crippen molar-refractivity contribution in [2.45, 2.75) is 51.5 Å². The number of halogens is 1. The molecule has 0 bridgehead atoms. The average Bonchev–Trinajstić information content (AvgIpc) is 2.60. The van der Waals surface area contributed by atoms with Gasteiger partial charge in [0.25, 0.3) is 5.91 Å². The Morgan fingerprint density at radius 1 is 1.42 bits per heavy atom. The molecule has 0 saturated heterocycles. The monoisotopic (exact) mass is 302 g/mol. The minimum Gasteiger partial charge on any atom is -0.351 e. The molecule has 1 aliphatic carbocycles. The molecular weight excluding hydrogens is 280 g/mol. The van der Waals surface area contributed by atoms with Gasteiger partial charge in [-0.1, -0.05) is 6.42 Å². The maximum atomic E-state index is 12.0. The highest BCUT2D eigenvalue weighted by Gasteiger charge is 2.16. The fourth-order valence-electron chi connectivity index (χ4n) is 2.28. The van der Waals surface area contributed by atoms with Gasteiger partial charge in [0.05, 0.1) is 4.88 Å². The Morgan fingerprint density at radius 3 is 2.89 bits per heavy atom. The summed E-state index contributed by atoms with van der Waals surface area (Å²) >= 11 is 1.67. The van der Waals surface area contributed by atoms with E-state index in [9.17, 15) is 4.79 Å². The van der Waals surface area contributed by atoms with Gasteiger partial charge >= 0.3 is 0 Å². The molecule has 1 aromatic rings. The molecule has 0 saturated carbocycles. The molecule has 5 heteroatoms. The van der Waals surface area contributed by atoms with Gasteiger partial charge in [0.15, 0.2) is 0 Å². The molecule has 2 rings (SSSR count). The number of aryl methyl sites for hydroxylation is 2. The second-order valence-corrected chi connectivity index (χ2v) is 6.28. The Bertz CT molecular complexity index is 394. The van der Waals surface area contributed by atoms with Crippen molar-refractivity contribution >= 4 is 29.7 Å². The number of thiophene rings is 1. The summed E-state index contributed by atoms with van der Waals surface area (Å²) in [6, 6.07) is 2.23. The van der Waals surface area contributed by atoms with Crippen LogP contribution in [0.2, 0.25) is 0 Å². The van der Waals surface area contributed by atoms with Crippen LogP contribution >= 0.6 is 23.7 Å². The van der Waals surface area contributed by atoms with Crippen LogP contribution in [0.5, 0.6) is 0 Å². The molecule has 1 heterocycles. The summed E-state index contributed by atoms with van der Waals surface area (Å²) in [5.74, 6) is 0.0636. The zero-order chi connectivity index (χ0) is 13.0. The Labute approximate surface area is 125 Å². The van der Waals surface area contributed by atoms with Crippen molar-refractivity contribution < 1.29 is 4.79 Å². The third kappa shape index (κ3) is 4.79. The summed E-state index contributed by atoms with van der Waals surface area (Å²) in [4.78, 5) is 14.3. The lowest BCUT2D eigenvalue weighted by Crippen LogP contribution is -2.28. The van der Waals surface area contributed by atoms with E-state index in [4.69, 9.17) is 5.73 Å². The summed E-state index contributed by atoms with van der Waals surface area (Å²) in [7, 11) is 0. The molecule has 1 aromatic heterocycles. The second-order valence-electron chi connectivity index (χ2n) is 5.14. The Morgan fingerprint density at radius 2 is 2.16 bits per heavy atom. The maximum Gasteiger partial charge on any atom is 0.261 e. The van der Waals surface area contributed by atoms with Crippen LogP contribution in [0.1, 0.15) is 52.7 Å². The molecule has 0 spiro atoms. The summed E-state index contributed by atoms with van der Waals surface area (Å²) in [5, 5.41) is 2.95. The number of carbonyl (C=O) groups excluding carboxylic acids is 1. The molecule has 1 aliphatic rings. The van der Waals surface area contributed by atoms with E-state index in [2.05, 4.69) is 11.4 Å². The fraction of sp³-hybridized carbons (Fsp3) is 0.643. The number of hydrogen-bond donors (Lipinski definition) is 2. The van der Waals surface area contributed by atoms with Crippen LogP contribution in [-0.4, -0.2) is 18.5 Å². The highest BCUT2D eigenvalue weighted by Crippen LogP contribution is 2.28. The van der Waals surface area contributed by atoms with Gasteiger partial charge in [0.1, 0.15) is 0 Å². The molecule has 19 heavy (non-hydrogen) atoms. The van der Waals surface area contributed by atoms with Crippen LogP contribution < -0.4 is 11.1 Å². The van der Waals surface area contributed by atoms with Crippen molar-refractivity contribution in [2.75, 3.05) is 6.54 Å². The predicted octanol–water partition coefficient (Wildman–Crippen LogP) is 2.91. The molecular formula is C14H23ClN2OS. The molecule has 0 radical (unpaired) electrons. The molecule has 0 fully saturated rings. The first-order valence-electron chi connectivity index (χ1n) is 6.82. The van der Waals surface area contributed by atoms with Crippen LogP contribution in [0.15, 0.2) is 6.07 Å². The van der Waals surface area contributed by atoms with Gasteiger partial charge in [-0.05, 0) is 50.7 Å². The topological polar surface area (TPSA) is 55.1 Å². The van der Waals surface area contributed by atoms with Gasteiger partial charge in [0.2, 0.25) is 0 Å². The summed E-state index contributed by atoms with van der Waals surface area (Å²) in [6.45, 7) is 2.62.